The number of halogens is 2. The van der Waals surface area contributed by atoms with Crippen molar-refractivity contribution < 1.29 is 9.59 Å². The van der Waals surface area contributed by atoms with Gasteiger partial charge < -0.3 is 16.0 Å². The van der Waals surface area contributed by atoms with Crippen LogP contribution < -0.4 is 16.0 Å². The Morgan fingerprint density at radius 2 is 1.82 bits per heavy atom. The van der Waals surface area contributed by atoms with E-state index in [1.807, 2.05) is 25.1 Å². The van der Waals surface area contributed by atoms with Gasteiger partial charge in [-0.25, -0.2) is 0 Å². The van der Waals surface area contributed by atoms with Crippen LogP contribution in [0.4, 0.5) is 11.4 Å². The molecule has 8 heteroatoms. The van der Waals surface area contributed by atoms with Crippen molar-refractivity contribution in [1.29, 1.82) is 0 Å². The second-order valence-electron chi connectivity index (χ2n) is 7.46. The van der Waals surface area contributed by atoms with Crippen molar-refractivity contribution in [2.75, 3.05) is 36.8 Å². The van der Waals surface area contributed by atoms with E-state index in [1.165, 1.54) is 19.3 Å². The van der Waals surface area contributed by atoms with Gasteiger partial charge in [-0.15, -0.1) is 24.8 Å². The molecule has 158 valence electrons. The third-order valence-electron chi connectivity index (χ3n) is 5.21. The summed E-state index contributed by atoms with van der Waals surface area (Å²) in [6.07, 6.45) is 6.28. The van der Waals surface area contributed by atoms with Gasteiger partial charge >= 0.3 is 0 Å². The molecule has 0 aliphatic carbocycles. The quantitative estimate of drug-likeness (QED) is 0.646. The van der Waals surface area contributed by atoms with Crippen LogP contribution in [-0.2, 0) is 9.59 Å². The van der Waals surface area contributed by atoms with Crippen molar-refractivity contribution in [3.05, 3.63) is 23.8 Å². The number of likely N-dealkylation sites (tertiary alicyclic amines) is 1. The summed E-state index contributed by atoms with van der Waals surface area (Å²) in [7, 11) is 0. The number of anilines is 2. The van der Waals surface area contributed by atoms with Gasteiger partial charge in [0.25, 0.3) is 0 Å². The molecule has 2 amide bonds. The smallest absolute Gasteiger partial charge is 0.238 e. The average Bonchev–Trinajstić information content (AvgIpc) is 3.11. The SMILES string of the molecule is Cc1ccc(NC(=O)CC2CCCN2)cc1NC(=O)CN1CCCCC1.Cl.Cl. The molecule has 0 spiro atoms. The molecule has 1 aromatic carbocycles. The number of nitrogens with one attached hydrogen (secondary N) is 3. The minimum atomic E-state index is 0. The first-order valence-corrected chi connectivity index (χ1v) is 9.76. The van der Waals surface area contributed by atoms with Crippen LogP contribution in [0.2, 0.25) is 0 Å². The van der Waals surface area contributed by atoms with Crippen molar-refractivity contribution >= 4 is 48.0 Å². The molecule has 3 N–H and O–H groups in total. The van der Waals surface area contributed by atoms with Gasteiger partial charge in [-0.1, -0.05) is 12.5 Å². The molecule has 1 atom stereocenters. The van der Waals surface area contributed by atoms with Gasteiger partial charge in [0, 0.05) is 23.8 Å². The van der Waals surface area contributed by atoms with Gasteiger partial charge in [0.15, 0.2) is 0 Å². The van der Waals surface area contributed by atoms with Gasteiger partial charge in [-0.2, -0.15) is 0 Å². The summed E-state index contributed by atoms with van der Waals surface area (Å²) in [5.74, 6) is 0.0208. The highest BCUT2D eigenvalue weighted by Crippen LogP contribution is 2.21. The van der Waals surface area contributed by atoms with Crippen molar-refractivity contribution in [3.63, 3.8) is 0 Å². The lowest BCUT2D eigenvalue weighted by atomic mass is 10.1. The molecule has 2 fully saturated rings. The van der Waals surface area contributed by atoms with Crippen molar-refractivity contribution in [1.82, 2.24) is 10.2 Å². The maximum atomic E-state index is 12.3. The Morgan fingerprint density at radius 3 is 2.50 bits per heavy atom. The summed E-state index contributed by atoms with van der Waals surface area (Å²) in [5, 5.41) is 9.29. The number of benzene rings is 1. The standard InChI is InChI=1S/C20H30N4O2.2ClH/c1-15-7-8-17(22-19(25)13-16-6-5-9-21-16)12-18(15)23-20(26)14-24-10-3-2-4-11-24;;/h7-8,12,16,21H,2-6,9-11,13-14H2,1H3,(H,22,25)(H,23,26);2*1H. The number of hydrogen-bond acceptors (Lipinski definition) is 4. The Balaban J connectivity index is 0.00000196. The van der Waals surface area contributed by atoms with Crippen LogP contribution in [0.3, 0.4) is 0 Å². The van der Waals surface area contributed by atoms with E-state index in [0.717, 1.165) is 49.4 Å². The first kappa shape index (κ1) is 24.7. The van der Waals surface area contributed by atoms with E-state index in [2.05, 4.69) is 20.9 Å². The Bertz CT molecular complexity index is 645. The number of piperidine rings is 1. The highest BCUT2D eigenvalue weighted by Gasteiger charge is 2.18. The maximum absolute atomic E-state index is 12.3. The van der Waals surface area contributed by atoms with Gasteiger partial charge in [-0.3, -0.25) is 14.5 Å². The molecule has 3 rings (SSSR count). The summed E-state index contributed by atoms with van der Waals surface area (Å²) in [4.78, 5) is 26.8. The van der Waals surface area contributed by atoms with E-state index >= 15 is 0 Å². The summed E-state index contributed by atoms with van der Waals surface area (Å²) in [6, 6.07) is 5.95. The molecule has 6 nitrogen and oxygen atoms in total. The predicted octanol–water partition coefficient (Wildman–Crippen LogP) is 3.34. The molecule has 2 saturated heterocycles. The number of hydrogen-bond donors (Lipinski definition) is 3. The molecule has 0 saturated carbocycles. The fourth-order valence-corrected chi connectivity index (χ4v) is 3.71. The molecule has 1 unspecified atom stereocenters. The third-order valence-corrected chi connectivity index (χ3v) is 5.21. The Kier molecular flexibility index (Phi) is 10.8. The zero-order chi connectivity index (χ0) is 18.4. The maximum Gasteiger partial charge on any atom is 0.238 e. The molecular formula is C20H32Cl2N4O2. The first-order valence-electron chi connectivity index (χ1n) is 9.76. The van der Waals surface area contributed by atoms with Crippen LogP contribution in [0.5, 0.6) is 0 Å². The third kappa shape index (κ3) is 7.59. The molecule has 0 aromatic heterocycles. The van der Waals surface area contributed by atoms with Gasteiger partial charge in [-0.05, 0) is 69.9 Å². The Hall–Kier alpha value is -1.34. The Labute approximate surface area is 180 Å². The van der Waals surface area contributed by atoms with E-state index in [9.17, 15) is 9.59 Å². The lowest BCUT2D eigenvalue weighted by molar-refractivity contribution is -0.118. The highest BCUT2D eigenvalue weighted by molar-refractivity contribution is 5.95. The van der Waals surface area contributed by atoms with Crippen LogP contribution in [-0.4, -0.2) is 48.9 Å². The summed E-state index contributed by atoms with van der Waals surface area (Å²) in [5.41, 5.74) is 2.49. The van der Waals surface area contributed by atoms with Gasteiger partial charge in [0.1, 0.15) is 0 Å². The number of nitrogens with zero attached hydrogens (tertiary/aromatic N) is 1. The number of carbonyl (C=O) groups excluding carboxylic acids is 2. The van der Waals surface area contributed by atoms with Crippen LogP contribution in [0.15, 0.2) is 18.2 Å². The monoisotopic (exact) mass is 430 g/mol. The van der Waals surface area contributed by atoms with Crippen LogP contribution >= 0.6 is 24.8 Å². The summed E-state index contributed by atoms with van der Waals surface area (Å²) >= 11 is 0. The van der Waals surface area contributed by atoms with Gasteiger partial charge in [0.05, 0.1) is 6.54 Å². The van der Waals surface area contributed by atoms with Crippen molar-refractivity contribution in [2.24, 2.45) is 0 Å². The molecule has 28 heavy (non-hydrogen) atoms. The lowest BCUT2D eigenvalue weighted by Crippen LogP contribution is -2.36. The van der Waals surface area contributed by atoms with Gasteiger partial charge in [0.2, 0.25) is 11.8 Å². The molecule has 2 aliphatic heterocycles. The largest absolute Gasteiger partial charge is 0.326 e. The van der Waals surface area contributed by atoms with E-state index in [4.69, 9.17) is 0 Å². The molecule has 2 aliphatic rings. The summed E-state index contributed by atoms with van der Waals surface area (Å²) in [6.45, 7) is 5.39. The first-order chi connectivity index (χ1) is 12.6. The second kappa shape index (κ2) is 12.3. The van der Waals surface area contributed by atoms with E-state index < -0.39 is 0 Å². The highest BCUT2D eigenvalue weighted by atomic mass is 35.5. The van der Waals surface area contributed by atoms with Crippen molar-refractivity contribution in [3.8, 4) is 0 Å². The zero-order valence-electron chi connectivity index (χ0n) is 16.5. The van der Waals surface area contributed by atoms with E-state index in [1.54, 1.807) is 0 Å². The number of carbonyl (C=O) groups is 2. The molecule has 0 bridgehead atoms. The zero-order valence-corrected chi connectivity index (χ0v) is 18.1. The minimum absolute atomic E-state index is 0. The average molecular weight is 431 g/mol. The molecule has 0 radical (unpaired) electrons. The van der Waals surface area contributed by atoms with Crippen LogP contribution in [0, 0.1) is 6.92 Å². The van der Waals surface area contributed by atoms with E-state index in [-0.39, 0.29) is 42.7 Å². The fourth-order valence-electron chi connectivity index (χ4n) is 3.71. The van der Waals surface area contributed by atoms with Crippen LogP contribution in [0.25, 0.3) is 0 Å². The normalized spacial score (nSPS) is 19.2. The number of aryl methyl sites for hydroxylation is 1. The number of rotatable bonds is 6. The predicted molar refractivity (Wildman–Crippen MR) is 119 cm³/mol. The summed E-state index contributed by atoms with van der Waals surface area (Å²) < 4.78 is 0. The number of amides is 2. The molecule has 1 aromatic rings. The molecular weight excluding hydrogens is 399 g/mol. The second-order valence-corrected chi connectivity index (χ2v) is 7.46. The van der Waals surface area contributed by atoms with Crippen molar-refractivity contribution in [2.45, 2.75) is 51.5 Å². The van der Waals surface area contributed by atoms with Crippen LogP contribution in [0.1, 0.15) is 44.1 Å². The fraction of sp³-hybridized carbons (Fsp3) is 0.600. The molecule has 2 heterocycles. The lowest BCUT2D eigenvalue weighted by Gasteiger charge is -2.25. The Morgan fingerprint density at radius 1 is 1.07 bits per heavy atom. The topological polar surface area (TPSA) is 73.5 Å². The minimum Gasteiger partial charge on any atom is -0.326 e. The van der Waals surface area contributed by atoms with E-state index in [0.29, 0.717) is 13.0 Å².